The summed E-state index contributed by atoms with van der Waals surface area (Å²) in [6.45, 7) is 13.3. The molecule has 2 aromatic heterocycles. The number of aromatic nitrogens is 3. The van der Waals surface area contributed by atoms with Crippen LogP contribution in [0.2, 0.25) is 0 Å². The molecular weight excluding hydrogens is 322 g/mol. The number of hydrogen-bond donors (Lipinski definition) is 0. The number of amides is 1. The Morgan fingerprint density at radius 2 is 1.83 bits per heavy atom. The molecule has 0 aromatic carbocycles. The van der Waals surface area contributed by atoms with Crippen LogP contribution in [-0.4, -0.2) is 51.8 Å². The first-order valence-corrected chi connectivity index (χ1v) is 9.17. The van der Waals surface area contributed by atoms with Gasteiger partial charge in [0.2, 0.25) is 0 Å². The predicted molar refractivity (Wildman–Crippen MR) is 96.9 cm³/mol. The van der Waals surface area contributed by atoms with Crippen LogP contribution in [0.5, 0.6) is 0 Å². The van der Waals surface area contributed by atoms with Crippen LogP contribution in [0.3, 0.4) is 0 Å². The molecule has 0 atom stereocenters. The van der Waals surface area contributed by atoms with Gasteiger partial charge in [-0.3, -0.25) is 9.48 Å². The maximum absolute atomic E-state index is 13.0. The first-order chi connectivity index (χ1) is 11.3. The molecule has 6 nitrogen and oxygen atoms in total. The van der Waals surface area contributed by atoms with E-state index in [0.717, 1.165) is 48.3 Å². The average molecular weight is 347 g/mol. The van der Waals surface area contributed by atoms with Gasteiger partial charge in [0.25, 0.3) is 5.91 Å². The number of thiazole rings is 1. The highest BCUT2D eigenvalue weighted by molar-refractivity contribution is 7.13. The van der Waals surface area contributed by atoms with E-state index in [1.54, 1.807) is 11.3 Å². The van der Waals surface area contributed by atoms with E-state index in [9.17, 15) is 4.79 Å². The molecule has 0 aliphatic carbocycles. The molecule has 0 unspecified atom stereocenters. The van der Waals surface area contributed by atoms with E-state index in [2.05, 4.69) is 35.8 Å². The highest BCUT2D eigenvalue weighted by atomic mass is 32.1. The summed E-state index contributed by atoms with van der Waals surface area (Å²) in [7, 11) is 0. The first-order valence-electron chi connectivity index (χ1n) is 8.29. The van der Waals surface area contributed by atoms with Gasteiger partial charge in [0, 0.05) is 43.4 Å². The van der Waals surface area contributed by atoms with Gasteiger partial charge in [-0.2, -0.15) is 5.10 Å². The van der Waals surface area contributed by atoms with Crippen molar-refractivity contribution >= 4 is 22.4 Å². The molecule has 1 aliphatic rings. The smallest absolute Gasteiger partial charge is 0.257 e. The Balaban J connectivity index is 1.75. The quantitative estimate of drug-likeness (QED) is 0.838. The third-order valence-electron chi connectivity index (χ3n) is 4.40. The van der Waals surface area contributed by atoms with E-state index < -0.39 is 0 Å². The molecule has 0 saturated carbocycles. The second-order valence-corrected chi connectivity index (χ2v) is 8.10. The van der Waals surface area contributed by atoms with Crippen molar-refractivity contribution in [3.63, 3.8) is 0 Å². The minimum Gasteiger partial charge on any atom is -0.345 e. The molecule has 1 fully saturated rings. The van der Waals surface area contributed by atoms with Crippen LogP contribution in [0.1, 0.15) is 42.5 Å². The van der Waals surface area contributed by atoms with Crippen molar-refractivity contribution in [2.45, 2.75) is 40.2 Å². The number of hydrogen-bond acceptors (Lipinski definition) is 5. The van der Waals surface area contributed by atoms with Crippen LogP contribution in [0, 0.1) is 13.8 Å². The molecule has 0 spiro atoms. The summed E-state index contributed by atoms with van der Waals surface area (Å²) in [6, 6.07) is 0. The zero-order valence-corrected chi connectivity index (χ0v) is 15.9. The summed E-state index contributed by atoms with van der Waals surface area (Å²) < 4.78 is 1.96. The highest BCUT2D eigenvalue weighted by Gasteiger charge is 2.29. The monoisotopic (exact) mass is 347 g/mol. The molecule has 130 valence electrons. The van der Waals surface area contributed by atoms with Crippen LogP contribution in [-0.2, 0) is 5.54 Å². The van der Waals surface area contributed by atoms with Crippen LogP contribution in [0.4, 0.5) is 5.13 Å². The molecule has 24 heavy (non-hydrogen) atoms. The fourth-order valence-corrected chi connectivity index (χ4v) is 3.93. The number of nitrogens with zero attached hydrogens (tertiary/aromatic N) is 5. The maximum Gasteiger partial charge on any atom is 0.257 e. The van der Waals surface area contributed by atoms with Gasteiger partial charge in [-0.15, -0.1) is 11.3 Å². The van der Waals surface area contributed by atoms with Crippen LogP contribution < -0.4 is 4.90 Å². The summed E-state index contributed by atoms with van der Waals surface area (Å²) in [5.41, 5.74) is 2.39. The molecule has 7 heteroatoms. The van der Waals surface area contributed by atoms with Gasteiger partial charge in [-0.25, -0.2) is 4.98 Å². The van der Waals surface area contributed by atoms with E-state index in [4.69, 9.17) is 0 Å². The Hall–Kier alpha value is -1.89. The third kappa shape index (κ3) is 3.05. The second kappa shape index (κ2) is 6.20. The van der Waals surface area contributed by atoms with Crippen molar-refractivity contribution in [1.82, 2.24) is 19.7 Å². The van der Waals surface area contributed by atoms with E-state index in [1.165, 1.54) is 0 Å². The highest BCUT2D eigenvalue weighted by Crippen LogP contribution is 2.24. The van der Waals surface area contributed by atoms with E-state index in [1.807, 2.05) is 35.0 Å². The van der Waals surface area contributed by atoms with Gasteiger partial charge in [0.1, 0.15) is 0 Å². The van der Waals surface area contributed by atoms with Crippen LogP contribution in [0.15, 0.2) is 11.6 Å². The Bertz CT molecular complexity index is 721. The van der Waals surface area contributed by atoms with Crippen LogP contribution in [0.25, 0.3) is 0 Å². The normalized spacial score (nSPS) is 15.9. The minimum atomic E-state index is -0.128. The molecule has 1 aliphatic heterocycles. The summed E-state index contributed by atoms with van der Waals surface area (Å²) in [4.78, 5) is 21.6. The van der Waals surface area contributed by atoms with Crippen molar-refractivity contribution in [3.8, 4) is 0 Å². The van der Waals surface area contributed by atoms with Crippen molar-refractivity contribution < 1.29 is 4.79 Å². The van der Waals surface area contributed by atoms with Gasteiger partial charge >= 0.3 is 0 Å². The van der Waals surface area contributed by atoms with Crippen molar-refractivity contribution in [3.05, 3.63) is 28.5 Å². The maximum atomic E-state index is 13.0. The van der Waals surface area contributed by atoms with Crippen molar-refractivity contribution in [2.24, 2.45) is 0 Å². The van der Waals surface area contributed by atoms with Gasteiger partial charge in [-0.05, 0) is 34.6 Å². The number of piperazine rings is 1. The lowest BCUT2D eigenvalue weighted by Gasteiger charge is -2.34. The standard InChI is InChI=1S/C17H25N5OS/c1-12-14(13(2)22(19-12)17(3,4)5)15(23)20-7-9-21(10-8-20)16-18-6-11-24-16/h6,11H,7-10H2,1-5H3. The Kier molecular flexibility index (Phi) is 4.38. The van der Waals surface area contributed by atoms with Gasteiger partial charge in [0.15, 0.2) is 5.13 Å². The first kappa shape index (κ1) is 17.0. The number of aryl methyl sites for hydroxylation is 1. The average Bonchev–Trinajstić information content (AvgIpc) is 3.15. The summed E-state index contributed by atoms with van der Waals surface area (Å²) in [6.07, 6.45) is 1.82. The predicted octanol–water partition coefficient (Wildman–Crippen LogP) is 2.67. The zero-order valence-electron chi connectivity index (χ0n) is 15.0. The SMILES string of the molecule is Cc1nn(C(C)(C)C)c(C)c1C(=O)N1CCN(c2nccs2)CC1. The Morgan fingerprint density at radius 1 is 1.17 bits per heavy atom. The van der Waals surface area contributed by atoms with Gasteiger partial charge in [-0.1, -0.05) is 0 Å². The molecule has 0 radical (unpaired) electrons. The molecule has 1 amide bonds. The molecule has 0 bridgehead atoms. The topological polar surface area (TPSA) is 54.3 Å². The Labute approximate surface area is 147 Å². The minimum absolute atomic E-state index is 0.0966. The number of carbonyl (C=O) groups excluding carboxylic acids is 1. The molecule has 3 rings (SSSR count). The largest absolute Gasteiger partial charge is 0.345 e. The fraction of sp³-hybridized carbons (Fsp3) is 0.588. The second-order valence-electron chi connectivity index (χ2n) is 7.22. The van der Waals surface area contributed by atoms with E-state index in [-0.39, 0.29) is 11.4 Å². The zero-order chi connectivity index (χ0) is 17.5. The lowest BCUT2D eigenvalue weighted by Crippen LogP contribution is -2.49. The van der Waals surface area contributed by atoms with Crippen molar-refractivity contribution in [2.75, 3.05) is 31.1 Å². The molecule has 0 N–H and O–H groups in total. The lowest BCUT2D eigenvalue weighted by atomic mass is 10.1. The number of rotatable bonds is 2. The van der Waals surface area contributed by atoms with Crippen molar-refractivity contribution in [1.29, 1.82) is 0 Å². The van der Waals surface area contributed by atoms with Gasteiger partial charge < -0.3 is 9.80 Å². The number of carbonyl (C=O) groups is 1. The fourth-order valence-electron chi connectivity index (χ4n) is 3.24. The molecule has 1 saturated heterocycles. The number of anilines is 1. The van der Waals surface area contributed by atoms with E-state index in [0.29, 0.717) is 0 Å². The summed E-state index contributed by atoms with van der Waals surface area (Å²) >= 11 is 1.64. The third-order valence-corrected chi connectivity index (χ3v) is 5.23. The summed E-state index contributed by atoms with van der Waals surface area (Å²) in [5.74, 6) is 0.0966. The molecule has 3 heterocycles. The van der Waals surface area contributed by atoms with Crippen LogP contribution >= 0.6 is 11.3 Å². The Morgan fingerprint density at radius 3 is 2.33 bits per heavy atom. The lowest BCUT2D eigenvalue weighted by molar-refractivity contribution is 0.0745. The van der Waals surface area contributed by atoms with E-state index >= 15 is 0 Å². The van der Waals surface area contributed by atoms with Gasteiger partial charge in [0.05, 0.1) is 16.8 Å². The molecular formula is C17H25N5OS. The molecule has 2 aromatic rings. The summed E-state index contributed by atoms with van der Waals surface area (Å²) in [5, 5.41) is 7.63.